The average Bonchev–Trinajstić information content (AvgIpc) is 3.00. The molecule has 126 valence electrons. The Morgan fingerprint density at radius 2 is 2.12 bits per heavy atom. The zero-order valence-electron chi connectivity index (χ0n) is 13.9. The van der Waals surface area contributed by atoms with Gasteiger partial charge in [0.2, 0.25) is 0 Å². The van der Waals surface area contributed by atoms with Crippen LogP contribution >= 0.6 is 0 Å². The number of piperidine rings is 1. The second-order valence-electron chi connectivity index (χ2n) is 6.76. The van der Waals surface area contributed by atoms with Gasteiger partial charge in [-0.2, -0.15) is 0 Å². The van der Waals surface area contributed by atoms with E-state index >= 15 is 0 Å². The predicted molar refractivity (Wildman–Crippen MR) is 90.1 cm³/mol. The molecular weight excluding hydrogens is 305 g/mol. The summed E-state index contributed by atoms with van der Waals surface area (Å²) >= 11 is 0. The molecule has 0 amide bonds. The van der Waals surface area contributed by atoms with Crippen LogP contribution in [0.25, 0.3) is 0 Å². The molecule has 2 fully saturated rings. The molecular formula is C18H22FN5. The number of likely N-dealkylation sites (tertiary alicyclic amines) is 1. The van der Waals surface area contributed by atoms with Gasteiger partial charge in [0.15, 0.2) is 11.6 Å². The molecule has 0 aliphatic carbocycles. The first kappa shape index (κ1) is 15.4. The molecule has 4 heterocycles. The largest absolute Gasteiger partial charge is 0.352 e. The molecule has 4 rings (SSSR count). The number of halogens is 1. The first-order valence-corrected chi connectivity index (χ1v) is 8.57. The van der Waals surface area contributed by atoms with E-state index in [0.29, 0.717) is 17.8 Å². The summed E-state index contributed by atoms with van der Waals surface area (Å²) in [5.41, 5.74) is 2.37. The molecule has 0 N–H and O–H groups in total. The molecule has 6 heteroatoms. The van der Waals surface area contributed by atoms with Crippen molar-refractivity contribution in [3.63, 3.8) is 0 Å². The van der Waals surface area contributed by atoms with Crippen molar-refractivity contribution in [2.24, 2.45) is 5.92 Å². The van der Waals surface area contributed by atoms with E-state index in [1.165, 1.54) is 24.5 Å². The van der Waals surface area contributed by atoms with Gasteiger partial charge in [0.05, 0.1) is 6.20 Å². The van der Waals surface area contributed by atoms with E-state index in [1.54, 1.807) is 0 Å². The minimum Gasteiger partial charge on any atom is -0.352 e. The summed E-state index contributed by atoms with van der Waals surface area (Å²) in [5, 5.41) is 0. The molecule has 2 aromatic rings. The van der Waals surface area contributed by atoms with E-state index < -0.39 is 0 Å². The van der Waals surface area contributed by atoms with Crippen molar-refractivity contribution < 1.29 is 4.39 Å². The molecule has 0 spiro atoms. The normalized spacial score (nSPS) is 24.2. The maximum absolute atomic E-state index is 14.0. The zero-order valence-corrected chi connectivity index (χ0v) is 13.9. The topological polar surface area (TPSA) is 45.2 Å². The van der Waals surface area contributed by atoms with Crippen LogP contribution < -0.4 is 4.90 Å². The van der Waals surface area contributed by atoms with Gasteiger partial charge in [-0.1, -0.05) is 6.07 Å². The SMILES string of the molecule is Cc1ncccc1CN1CCC2CCN(c3ncncc3F)CC21. The molecule has 2 aliphatic heterocycles. The van der Waals surface area contributed by atoms with Gasteiger partial charge >= 0.3 is 0 Å². The van der Waals surface area contributed by atoms with E-state index in [0.717, 1.165) is 38.3 Å². The number of rotatable bonds is 3. The third kappa shape index (κ3) is 2.86. The van der Waals surface area contributed by atoms with Gasteiger partial charge in [-0.15, -0.1) is 0 Å². The van der Waals surface area contributed by atoms with Crippen LogP contribution in [0.1, 0.15) is 24.1 Å². The van der Waals surface area contributed by atoms with Crippen LogP contribution in [0.3, 0.4) is 0 Å². The number of hydrogen-bond acceptors (Lipinski definition) is 5. The van der Waals surface area contributed by atoms with Crippen LogP contribution in [0, 0.1) is 18.7 Å². The second kappa shape index (κ2) is 6.43. The van der Waals surface area contributed by atoms with Crippen LogP contribution in [-0.4, -0.2) is 45.5 Å². The summed E-state index contributed by atoms with van der Waals surface area (Å²) in [7, 11) is 0. The number of aryl methyl sites for hydroxylation is 1. The Kier molecular flexibility index (Phi) is 4.14. The van der Waals surface area contributed by atoms with Crippen LogP contribution in [-0.2, 0) is 6.54 Å². The van der Waals surface area contributed by atoms with Crippen molar-refractivity contribution in [2.75, 3.05) is 24.5 Å². The summed E-state index contributed by atoms with van der Waals surface area (Å²) in [5.74, 6) is 0.805. The van der Waals surface area contributed by atoms with Gasteiger partial charge in [-0.3, -0.25) is 9.88 Å². The van der Waals surface area contributed by atoms with Gasteiger partial charge in [0.1, 0.15) is 6.33 Å². The summed E-state index contributed by atoms with van der Waals surface area (Å²) in [6.07, 6.45) is 6.84. The number of fused-ring (bicyclic) bond motifs is 1. The lowest BCUT2D eigenvalue weighted by Crippen LogP contribution is -2.48. The molecule has 2 aromatic heterocycles. The Morgan fingerprint density at radius 1 is 1.25 bits per heavy atom. The van der Waals surface area contributed by atoms with E-state index in [9.17, 15) is 4.39 Å². The van der Waals surface area contributed by atoms with Crippen molar-refractivity contribution in [1.82, 2.24) is 19.9 Å². The summed E-state index contributed by atoms with van der Waals surface area (Å²) in [4.78, 5) is 16.9. The summed E-state index contributed by atoms with van der Waals surface area (Å²) < 4.78 is 14.0. The monoisotopic (exact) mass is 327 g/mol. The Bertz CT molecular complexity index is 722. The quantitative estimate of drug-likeness (QED) is 0.866. The Morgan fingerprint density at radius 3 is 2.96 bits per heavy atom. The number of hydrogen-bond donors (Lipinski definition) is 0. The molecule has 5 nitrogen and oxygen atoms in total. The first-order valence-electron chi connectivity index (χ1n) is 8.57. The summed E-state index contributed by atoms with van der Waals surface area (Å²) in [6.45, 7) is 5.78. The highest BCUT2D eigenvalue weighted by atomic mass is 19.1. The van der Waals surface area contributed by atoms with E-state index in [4.69, 9.17) is 0 Å². The summed E-state index contributed by atoms with van der Waals surface area (Å²) in [6, 6.07) is 4.60. The maximum atomic E-state index is 14.0. The van der Waals surface area contributed by atoms with E-state index in [1.807, 2.05) is 12.3 Å². The van der Waals surface area contributed by atoms with Crippen molar-refractivity contribution >= 4 is 5.82 Å². The van der Waals surface area contributed by atoms with Crippen molar-refractivity contribution in [2.45, 2.75) is 32.4 Å². The van der Waals surface area contributed by atoms with Crippen LogP contribution in [0.2, 0.25) is 0 Å². The molecule has 2 unspecified atom stereocenters. The minimum absolute atomic E-state index is 0.330. The lowest BCUT2D eigenvalue weighted by molar-refractivity contribution is 0.199. The standard InChI is InChI=1S/C18H22FN5/c1-13-15(3-2-6-21-13)10-23-7-4-14-5-8-24(11-17(14)23)18-16(19)9-20-12-22-18/h2-3,6,9,12,14,17H,4-5,7-8,10-11H2,1H3. The highest BCUT2D eigenvalue weighted by Gasteiger charge is 2.39. The lowest BCUT2D eigenvalue weighted by atomic mass is 9.92. The molecule has 0 radical (unpaired) electrons. The van der Waals surface area contributed by atoms with Crippen molar-refractivity contribution in [3.05, 3.63) is 47.9 Å². The Labute approximate surface area is 141 Å². The molecule has 2 saturated heterocycles. The molecule has 2 aliphatic rings. The molecule has 24 heavy (non-hydrogen) atoms. The molecule has 0 bridgehead atoms. The first-order chi connectivity index (χ1) is 11.7. The van der Waals surface area contributed by atoms with Gasteiger partial charge in [0, 0.05) is 37.6 Å². The number of nitrogens with zero attached hydrogens (tertiary/aromatic N) is 5. The number of anilines is 1. The predicted octanol–water partition coefficient (Wildman–Crippen LogP) is 2.42. The molecule has 0 aromatic carbocycles. The molecule has 2 atom stereocenters. The maximum Gasteiger partial charge on any atom is 0.183 e. The van der Waals surface area contributed by atoms with Crippen LogP contribution in [0.15, 0.2) is 30.9 Å². The van der Waals surface area contributed by atoms with Gasteiger partial charge in [0.25, 0.3) is 0 Å². The lowest BCUT2D eigenvalue weighted by Gasteiger charge is -2.39. The van der Waals surface area contributed by atoms with Crippen molar-refractivity contribution in [1.29, 1.82) is 0 Å². The third-order valence-corrected chi connectivity index (χ3v) is 5.42. The average molecular weight is 327 g/mol. The third-order valence-electron chi connectivity index (χ3n) is 5.42. The Balaban J connectivity index is 1.51. The van der Waals surface area contributed by atoms with Gasteiger partial charge in [-0.25, -0.2) is 14.4 Å². The van der Waals surface area contributed by atoms with Gasteiger partial charge in [-0.05, 0) is 43.9 Å². The zero-order chi connectivity index (χ0) is 16.5. The van der Waals surface area contributed by atoms with Crippen LogP contribution in [0.5, 0.6) is 0 Å². The fourth-order valence-electron chi connectivity index (χ4n) is 4.06. The fourth-order valence-corrected chi connectivity index (χ4v) is 4.06. The fraction of sp³-hybridized carbons (Fsp3) is 0.500. The number of aromatic nitrogens is 3. The molecule has 0 saturated carbocycles. The second-order valence-corrected chi connectivity index (χ2v) is 6.76. The van der Waals surface area contributed by atoms with Gasteiger partial charge < -0.3 is 4.90 Å². The van der Waals surface area contributed by atoms with Crippen molar-refractivity contribution in [3.8, 4) is 0 Å². The highest BCUT2D eigenvalue weighted by Crippen LogP contribution is 2.34. The minimum atomic E-state index is -0.330. The van der Waals surface area contributed by atoms with E-state index in [2.05, 4.69) is 37.7 Å². The highest BCUT2D eigenvalue weighted by molar-refractivity contribution is 5.39. The van der Waals surface area contributed by atoms with Crippen LogP contribution in [0.4, 0.5) is 10.2 Å². The smallest absolute Gasteiger partial charge is 0.183 e. The Hall–Kier alpha value is -2.08. The number of pyridine rings is 1. The van der Waals surface area contributed by atoms with E-state index in [-0.39, 0.29) is 5.82 Å².